The van der Waals surface area contributed by atoms with Gasteiger partial charge < -0.3 is 0 Å². The van der Waals surface area contributed by atoms with Crippen LogP contribution in [-0.4, -0.2) is 0 Å². The Hall–Kier alpha value is 0.180. The summed E-state index contributed by atoms with van der Waals surface area (Å²) in [5, 5.41) is 1.98. The predicted octanol–water partition coefficient (Wildman–Crippen LogP) is 2.31. The maximum Gasteiger partial charge on any atom is 0.0777 e. The zero-order valence-electron chi connectivity index (χ0n) is 2.94. The Morgan fingerprint density at radius 2 is 2.67 bits per heavy atom. The molecule has 1 aromatic heterocycles. The molecule has 0 aliphatic heterocycles. The Labute approximate surface area is 48.9 Å². The highest BCUT2D eigenvalue weighted by atomic mass is 79.9. The van der Waals surface area contributed by atoms with Gasteiger partial charge in [0, 0.05) is 6.07 Å². The van der Waals surface area contributed by atoms with Gasteiger partial charge in [0.2, 0.25) is 0 Å². The summed E-state index contributed by atoms with van der Waals surface area (Å²) >= 11 is 4.88. The third kappa shape index (κ3) is 0.820. The highest BCUT2D eigenvalue weighted by Crippen LogP contribution is 2.13. The van der Waals surface area contributed by atoms with Crippen molar-refractivity contribution < 1.29 is 0 Å². The average Bonchev–Trinajstić information content (AvgIpc) is 1.86. The van der Waals surface area contributed by atoms with Gasteiger partial charge >= 0.3 is 0 Å². The molecule has 0 aromatic carbocycles. The van der Waals surface area contributed by atoms with Crippen molar-refractivity contribution in [2.75, 3.05) is 0 Å². The van der Waals surface area contributed by atoms with Gasteiger partial charge in [0.25, 0.3) is 0 Å². The lowest BCUT2D eigenvalue weighted by Gasteiger charge is -1.61. The summed E-state index contributed by atoms with van der Waals surface area (Å²) in [5.41, 5.74) is 0. The van der Waals surface area contributed by atoms with Gasteiger partial charge in [-0.15, -0.1) is 11.3 Å². The molecular weight excluding hydrogens is 160 g/mol. The van der Waals surface area contributed by atoms with E-state index >= 15 is 0 Å². The van der Waals surface area contributed by atoms with E-state index in [1.807, 2.05) is 11.4 Å². The summed E-state index contributed by atoms with van der Waals surface area (Å²) in [4.78, 5) is 0. The second-order valence-corrected chi connectivity index (χ2v) is 3.07. The van der Waals surface area contributed by atoms with Crippen molar-refractivity contribution >= 4 is 27.3 Å². The average molecular weight is 162 g/mol. The van der Waals surface area contributed by atoms with Crippen molar-refractivity contribution in [3.63, 3.8) is 0 Å². The minimum atomic E-state index is 1.07. The van der Waals surface area contributed by atoms with Gasteiger partial charge in [-0.25, -0.2) is 0 Å². The molecular formula is C4H2BrS. The minimum absolute atomic E-state index is 1.07. The molecule has 0 aliphatic carbocycles. The highest BCUT2D eigenvalue weighted by Gasteiger charge is 1.78. The number of rotatable bonds is 0. The maximum atomic E-state index is 3.24. The molecule has 0 N–H and O–H groups in total. The van der Waals surface area contributed by atoms with Crippen molar-refractivity contribution in [1.82, 2.24) is 0 Å². The van der Waals surface area contributed by atoms with E-state index in [0.29, 0.717) is 0 Å². The molecule has 0 amide bonds. The highest BCUT2D eigenvalue weighted by molar-refractivity contribution is 9.11. The second kappa shape index (κ2) is 1.76. The molecule has 1 aromatic rings. The third-order valence-corrected chi connectivity index (χ3v) is 1.82. The molecule has 0 bridgehead atoms. The Kier molecular flexibility index (Phi) is 1.27. The van der Waals surface area contributed by atoms with Crippen molar-refractivity contribution in [1.29, 1.82) is 0 Å². The number of hydrogen-bond donors (Lipinski definition) is 0. The van der Waals surface area contributed by atoms with Crippen LogP contribution >= 0.6 is 27.3 Å². The van der Waals surface area contributed by atoms with E-state index in [1.165, 1.54) is 0 Å². The fraction of sp³-hybridized carbons (Fsp3) is 0. The molecule has 1 heterocycles. The van der Waals surface area contributed by atoms with E-state index in [1.54, 1.807) is 11.3 Å². The van der Waals surface area contributed by atoms with Crippen LogP contribution in [0.2, 0.25) is 0 Å². The lowest BCUT2D eigenvalue weighted by molar-refractivity contribution is 1.93. The molecule has 1 rings (SSSR count). The molecule has 0 aliphatic rings. The van der Waals surface area contributed by atoms with Gasteiger partial charge in [0.1, 0.15) is 0 Å². The van der Waals surface area contributed by atoms with Crippen LogP contribution in [0.15, 0.2) is 15.2 Å². The molecule has 2 heteroatoms. The summed E-state index contributed by atoms with van der Waals surface area (Å²) < 4.78 is 1.07. The summed E-state index contributed by atoms with van der Waals surface area (Å²) in [6, 6.07) is 4.82. The van der Waals surface area contributed by atoms with Crippen LogP contribution in [0.4, 0.5) is 0 Å². The zero-order chi connectivity index (χ0) is 4.41. The first-order valence-corrected chi connectivity index (χ1v) is 3.17. The van der Waals surface area contributed by atoms with Gasteiger partial charge in [-0.3, -0.25) is 0 Å². The fourth-order valence-corrected chi connectivity index (χ4v) is 1.07. The summed E-state index contributed by atoms with van der Waals surface area (Å²) in [6.45, 7) is 0. The van der Waals surface area contributed by atoms with Gasteiger partial charge in [0.05, 0.1) is 3.79 Å². The van der Waals surface area contributed by atoms with Gasteiger partial charge in [0.15, 0.2) is 0 Å². The first-order chi connectivity index (χ1) is 2.89. The fourth-order valence-electron chi connectivity index (χ4n) is 0.227. The monoisotopic (exact) mass is 161 g/mol. The van der Waals surface area contributed by atoms with E-state index in [0.717, 1.165) is 3.79 Å². The van der Waals surface area contributed by atoms with E-state index in [-0.39, 0.29) is 0 Å². The van der Waals surface area contributed by atoms with Crippen molar-refractivity contribution in [3.8, 4) is 0 Å². The standard InChI is InChI=1S/C4H2BrS/c5-4-2-1-3-6-4/h1,3H. The molecule has 0 nitrogen and oxygen atoms in total. The largest absolute Gasteiger partial charge is 0.136 e. The summed E-state index contributed by atoms with van der Waals surface area (Å²) in [6.07, 6.45) is 0. The molecule has 0 spiro atoms. The molecule has 0 atom stereocenters. The van der Waals surface area contributed by atoms with Crippen molar-refractivity contribution in [3.05, 3.63) is 21.3 Å². The van der Waals surface area contributed by atoms with E-state index < -0.39 is 0 Å². The summed E-state index contributed by atoms with van der Waals surface area (Å²) in [7, 11) is 0. The van der Waals surface area contributed by atoms with Crippen molar-refractivity contribution in [2.45, 2.75) is 0 Å². The predicted molar refractivity (Wildman–Crippen MR) is 30.9 cm³/mol. The maximum absolute atomic E-state index is 3.24. The Bertz CT molecular complexity index is 111. The quantitative estimate of drug-likeness (QED) is 0.549. The molecule has 0 unspecified atom stereocenters. The van der Waals surface area contributed by atoms with Gasteiger partial charge in [-0.1, -0.05) is 0 Å². The normalized spacial score (nSPS) is 8.83. The van der Waals surface area contributed by atoms with E-state index in [4.69, 9.17) is 0 Å². The Balaban J connectivity index is 3.05. The SMILES string of the molecule is Brc1[c]ccs1. The van der Waals surface area contributed by atoms with Crippen LogP contribution in [0.5, 0.6) is 0 Å². The van der Waals surface area contributed by atoms with E-state index in [9.17, 15) is 0 Å². The third-order valence-electron chi connectivity index (χ3n) is 0.436. The van der Waals surface area contributed by atoms with Crippen LogP contribution < -0.4 is 0 Å². The second-order valence-electron chi connectivity index (χ2n) is 0.839. The molecule has 0 saturated carbocycles. The summed E-state index contributed by atoms with van der Waals surface area (Å²) in [5.74, 6) is 0. The first kappa shape index (κ1) is 4.34. The van der Waals surface area contributed by atoms with Crippen LogP contribution in [-0.2, 0) is 0 Å². The van der Waals surface area contributed by atoms with Crippen LogP contribution in [0.1, 0.15) is 0 Å². The molecule has 6 heavy (non-hydrogen) atoms. The number of thiophene rings is 1. The van der Waals surface area contributed by atoms with Crippen molar-refractivity contribution in [2.24, 2.45) is 0 Å². The topological polar surface area (TPSA) is 0 Å². The zero-order valence-corrected chi connectivity index (χ0v) is 5.34. The smallest absolute Gasteiger partial charge is 0.0777 e. The van der Waals surface area contributed by atoms with Crippen LogP contribution in [0.25, 0.3) is 0 Å². The van der Waals surface area contributed by atoms with Crippen LogP contribution in [0, 0.1) is 6.07 Å². The molecule has 0 fully saturated rings. The Morgan fingerprint density at radius 3 is 2.83 bits per heavy atom. The Morgan fingerprint density at radius 1 is 1.83 bits per heavy atom. The van der Waals surface area contributed by atoms with E-state index in [2.05, 4.69) is 22.0 Å². The lowest BCUT2D eigenvalue weighted by atomic mass is 10.7. The van der Waals surface area contributed by atoms with Gasteiger partial charge in [-0.2, -0.15) is 0 Å². The first-order valence-electron chi connectivity index (χ1n) is 1.50. The number of hydrogen-bond acceptors (Lipinski definition) is 1. The molecule has 31 valence electrons. The molecule has 0 saturated heterocycles. The minimum Gasteiger partial charge on any atom is -0.136 e. The molecule has 1 radical (unpaired) electrons. The van der Waals surface area contributed by atoms with Gasteiger partial charge in [-0.05, 0) is 27.4 Å². The lowest BCUT2D eigenvalue weighted by Crippen LogP contribution is -1.32. The number of halogens is 1. The van der Waals surface area contributed by atoms with Crippen LogP contribution in [0.3, 0.4) is 0 Å².